The van der Waals surface area contributed by atoms with E-state index in [0.29, 0.717) is 28.4 Å². The largest absolute Gasteiger partial charge is 0.497 e. The average Bonchev–Trinajstić information content (AvgIpc) is 2.74. The summed E-state index contributed by atoms with van der Waals surface area (Å²) in [5, 5.41) is 5.44. The quantitative estimate of drug-likeness (QED) is 0.652. The van der Waals surface area contributed by atoms with Crippen LogP contribution in [0.15, 0.2) is 66.7 Å². The Morgan fingerprint density at radius 1 is 0.793 bits per heavy atom. The lowest BCUT2D eigenvalue weighted by Gasteiger charge is -2.13. The number of carbonyl (C=O) groups excluding carboxylic acids is 2. The first-order chi connectivity index (χ1) is 14.0. The fourth-order valence-corrected chi connectivity index (χ4v) is 2.65. The normalized spacial score (nSPS) is 10.2. The number of hydrogen-bond donors (Lipinski definition) is 2. The monoisotopic (exact) mass is 394 g/mol. The van der Waals surface area contributed by atoms with Crippen LogP contribution in [0, 0.1) is 5.82 Å². The third-order valence-corrected chi connectivity index (χ3v) is 4.14. The van der Waals surface area contributed by atoms with E-state index in [2.05, 4.69) is 10.6 Å². The molecule has 0 unspecified atom stereocenters. The number of carbonyl (C=O) groups is 2. The summed E-state index contributed by atoms with van der Waals surface area (Å²) < 4.78 is 23.7. The summed E-state index contributed by atoms with van der Waals surface area (Å²) in [5.41, 5.74) is 1.42. The molecule has 0 saturated carbocycles. The van der Waals surface area contributed by atoms with E-state index in [-0.39, 0.29) is 11.5 Å². The van der Waals surface area contributed by atoms with Crippen LogP contribution in [0.1, 0.15) is 20.7 Å². The van der Waals surface area contributed by atoms with Gasteiger partial charge in [-0.05, 0) is 60.7 Å². The standard InChI is InChI=1S/C22H19FN2O4/c1-28-18-9-6-14(7-10-18)21(26)24-17-8-11-20(29-2)19(13-17)25-22(27)15-4-3-5-16(23)12-15/h3-13H,1-2H3,(H,24,26)(H,25,27). The molecule has 0 aliphatic heterocycles. The molecule has 3 aromatic rings. The van der Waals surface area contributed by atoms with Crippen molar-refractivity contribution in [2.45, 2.75) is 0 Å². The van der Waals surface area contributed by atoms with Gasteiger partial charge < -0.3 is 20.1 Å². The molecular formula is C22H19FN2O4. The van der Waals surface area contributed by atoms with Crippen LogP contribution in [-0.2, 0) is 0 Å². The van der Waals surface area contributed by atoms with Gasteiger partial charge in [0.05, 0.1) is 19.9 Å². The minimum atomic E-state index is -0.509. The topological polar surface area (TPSA) is 76.7 Å². The number of rotatable bonds is 6. The van der Waals surface area contributed by atoms with Crippen molar-refractivity contribution in [2.24, 2.45) is 0 Å². The molecule has 6 nitrogen and oxygen atoms in total. The predicted octanol–water partition coefficient (Wildman–Crippen LogP) is 4.35. The van der Waals surface area contributed by atoms with E-state index in [0.717, 1.165) is 6.07 Å². The van der Waals surface area contributed by atoms with Crippen molar-refractivity contribution in [2.75, 3.05) is 24.9 Å². The van der Waals surface area contributed by atoms with E-state index in [4.69, 9.17) is 9.47 Å². The van der Waals surface area contributed by atoms with Crippen molar-refractivity contribution in [1.29, 1.82) is 0 Å². The van der Waals surface area contributed by atoms with Crippen molar-refractivity contribution < 1.29 is 23.5 Å². The van der Waals surface area contributed by atoms with E-state index in [1.165, 1.54) is 25.3 Å². The summed E-state index contributed by atoms with van der Waals surface area (Å²) in [5.74, 6) is -0.280. The first-order valence-corrected chi connectivity index (χ1v) is 8.70. The van der Waals surface area contributed by atoms with Crippen LogP contribution < -0.4 is 20.1 Å². The summed E-state index contributed by atoms with van der Waals surface area (Å²) in [6.07, 6.45) is 0. The maximum Gasteiger partial charge on any atom is 0.255 e. The number of anilines is 2. The maximum absolute atomic E-state index is 13.4. The Hall–Kier alpha value is -3.87. The van der Waals surface area contributed by atoms with Crippen molar-refractivity contribution in [1.82, 2.24) is 0 Å². The second-order valence-corrected chi connectivity index (χ2v) is 6.06. The predicted molar refractivity (Wildman–Crippen MR) is 108 cm³/mol. The highest BCUT2D eigenvalue weighted by Crippen LogP contribution is 2.28. The van der Waals surface area contributed by atoms with Crippen LogP contribution in [0.5, 0.6) is 11.5 Å². The molecule has 0 atom stereocenters. The van der Waals surface area contributed by atoms with Gasteiger partial charge in [-0.1, -0.05) is 6.07 Å². The minimum absolute atomic E-state index is 0.166. The Kier molecular flexibility index (Phi) is 6.09. The molecule has 0 aliphatic rings. The summed E-state index contributed by atoms with van der Waals surface area (Å²) >= 11 is 0. The molecule has 0 aliphatic carbocycles. The Balaban J connectivity index is 1.79. The molecule has 0 heterocycles. The number of halogens is 1. The molecule has 3 aromatic carbocycles. The third-order valence-electron chi connectivity index (χ3n) is 4.14. The van der Waals surface area contributed by atoms with Gasteiger partial charge in [0, 0.05) is 16.8 Å². The molecule has 148 valence electrons. The zero-order chi connectivity index (χ0) is 20.8. The number of nitrogens with one attached hydrogen (secondary N) is 2. The molecule has 0 aromatic heterocycles. The van der Waals surface area contributed by atoms with E-state index in [1.54, 1.807) is 49.6 Å². The fourth-order valence-electron chi connectivity index (χ4n) is 2.65. The number of ether oxygens (including phenoxy) is 2. The SMILES string of the molecule is COc1ccc(C(=O)Nc2ccc(OC)c(NC(=O)c3cccc(F)c3)c2)cc1. The van der Waals surface area contributed by atoms with E-state index in [9.17, 15) is 14.0 Å². The van der Waals surface area contributed by atoms with Crippen molar-refractivity contribution in [3.05, 3.63) is 83.7 Å². The number of hydrogen-bond acceptors (Lipinski definition) is 4. The lowest BCUT2D eigenvalue weighted by Crippen LogP contribution is -2.15. The van der Waals surface area contributed by atoms with Gasteiger partial charge in [-0.3, -0.25) is 9.59 Å². The van der Waals surface area contributed by atoms with Crippen molar-refractivity contribution in [3.63, 3.8) is 0 Å². The molecule has 0 spiro atoms. The summed E-state index contributed by atoms with van der Waals surface area (Å²) in [6, 6.07) is 16.8. The van der Waals surface area contributed by atoms with Crippen LogP contribution in [0.4, 0.5) is 15.8 Å². The zero-order valence-electron chi connectivity index (χ0n) is 15.9. The van der Waals surface area contributed by atoms with Gasteiger partial charge in [0.25, 0.3) is 11.8 Å². The molecule has 7 heteroatoms. The van der Waals surface area contributed by atoms with Crippen LogP contribution >= 0.6 is 0 Å². The van der Waals surface area contributed by atoms with Crippen LogP contribution in [-0.4, -0.2) is 26.0 Å². The number of amides is 2. The summed E-state index contributed by atoms with van der Waals surface area (Å²) in [7, 11) is 3.01. The van der Waals surface area contributed by atoms with Crippen LogP contribution in [0.2, 0.25) is 0 Å². The Bertz CT molecular complexity index is 1040. The average molecular weight is 394 g/mol. The highest BCUT2D eigenvalue weighted by atomic mass is 19.1. The van der Waals surface area contributed by atoms with Gasteiger partial charge in [0.15, 0.2) is 0 Å². The van der Waals surface area contributed by atoms with Gasteiger partial charge in [-0.15, -0.1) is 0 Å². The Labute approximate surface area is 167 Å². The highest BCUT2D eigenvalue weighted by molar-refractivity contribution is 6.07. The van der Waals surface area contributed by atoms with Gasteiger partial charge in [-0.25, -0.2) is 4.39 Å². The summed E-state index contributed by atoms with van der Waals surface area (Å²) in [4.78, 5) is 24.9. The smallest absolute Gasteiger partial charge is 0.255 e. The number of benzene rings is 3. The zero-order valence-corrected chi connectivity index (χ0v) is 15.9. The molecular weight excluding hydrogens is 375 g/mol. The van der Waals surface area contributed by atoms with E-state index < -0.39 is 11.7 Å². The first-order valence-electron chi connectivity index (χ1n) is 8.70. The maximum atomic E-state index is 13.4. The van der Waals surface area contributed by atoms with E-state index in [1.807, 2.05) is 0 Å². The van der Waals surface area contributed by atoms with Gasteiger partial charge in [-0.2, -0.15) is 0 Å². The second-order valence-electron chi connectivity index (χ2n) is 6.06. The van der Waals surface area contributed by atoms with Crippen LogP contribution in [0.25, 0.3) is 0 Å². The first kappa shape index (κ1) is 19.9. The number of methoxy groups -OCH3 is 2. The van der Waals surface area contributed by atoms with E-state index >= 15 is 0 Å². The Morgan fingerprint density at radius 3 is 2.17 bits per heavy atom. The second kappa shape index (κ2) is 8.88. The van der Waals surface area contributed by atoms with Gasteiger partial charge in [0.2, 0.25) is 0 Å². The fraction of sp³-hybridized carbons (Fsp3) is 0.0909. The molecule has 2 N–H and O–H groups in total. The summed E-state index contributed by atoms with van der Waals surface area (Å²) in [6.45, 7) is 0. The van der Waals surface area contributed by atoms with Crippen molar-refractivity contribution in [3.8, 4) is 11.5 Å². The minimum Gasteiger partial charge on any atom is -0.497 e. The molecule has 0 saturated heterocycles. The molecule has 29 heavy (non-hydrogen) atoms. The lowest BCUT2D eigenvalue weighted by atomic mass is 10.1. The molecule has 0 fully saturated rings. The lowest BCUT2D eigenvalue weighted by molar-refractivity contribution is 0.101. The third kappa shape index (κ3) is 4.90. The van der Waals surface area contributed by atoms with Gasteiger partial charge in [0.1, 0.15) is 17.3 Å². The van der Waals surface area contributed by atoms with Crippen molar-refractivity contribution >= 4 is 23.2 Å². The molecule has 0 radical (unpaired) electrons. The highest BCUT2D eigenvalue weighted by Gasteiger charge is 2.13. The molecule has 3 rings (SSSR count). The molecule has 0 bridgehead atoms. The molecule has 2 amide bonds. The Morgan fingerprint density at radius 2 is 1.52 bits per heavy atom. The van der Waals surface area contributed by atoms with Crippen LogP contribution in [0.3, 0.4) is 0 Å². The van der Waals surface area contributed by atoms with Gasteiger partial charge >= 0.3 is 0 Å².